The number of amides is 1. The second kappa shape index (κ2) is 7.39. The van der Waals surface area contributed by atoms with E-state index in [9.17, 15) is 19.3 Å². The number of anilines is 1. The normalized spacial score (nSPS) is 10.2. The van der Waals surface area contributed by atoms with Gasteiger partial charge in [-0.1, -0.05) is 0 Å². The first-order valence-electron chi connectivity index (χ1n) is 5.35. The lowest BCUT2D eigenvalue weighted by molar-refractivity contribution is -0.384. The van der Waals surface area contributed by atoms with Gasteiger partial charge in [-0.2, -0.15) is 0 Å². The third-order valence-electron chi connectivity index (χ3n) is 2.09. The van der Waals surface area contributed by atoms with Crippen LogP contribution in [-0.2, 0) is 14.3 Å². The predicted molar refractivity (Wildman–Crippen MR) is 64.4 cm³/mol. The summed E-state index contributed by atoms with van der Waals surface area (Å²) < 4.78 is 22.6. The van der Waals surface area contributed by atoms with Crippen LogP contribution in [0.2, 0.25) is 0 Å². The minimum Gasteiger partial charge on any atom is -0.382 e. The first-order chi connectivity index (χ1) is 9.04. The number of carbonyl (C=O) groups excluding carboxylic acids is 1. The summed E-state index contributed by atoms with van der Waals surface area (Å²) >= 11 is 0. The number of rotatable bonds is 7. The number of nitrogens with zero attached hydrogens (tertiary/aromatic N) is 1. The van der Waals surface area contributed by atoms with Crippen molar-refractivity contribution in [3.63, 3.8) is 0 Å². The van der Waals surface area contributed by atoms with Gasteiger partial charge in [-0.15, -0.1) is 0 Å². The summed E-state index contributed by atoms with van der Waals surface area (Å²) in [6.07, 6.45) is 0. The van der Waals surface area contributed by atoms with Gasteiger partial charge in [0, 0.05) is 19.2 Å². The largest absolute Gasteiger partial charge is 0.382 e. The van der Waals surface area contributed by atoms with Gasteiger partial charge in [0.15, 0.2) is 0 Å². The molecule has 0 radical (unpaired) electrons. The average molecular weight is 272 g/mol. The first-order valence-corrected chi connectivity index (χ1v) is 5.35. The van der Waals surface area contributed by atoms with E-state index in [1.807, 2.05) is 0 Å². The van der Waals surface area contributed by atoms with E-state index in [0.29, 0.717) is 6.61 Å². The number of halogens is 1. The van der Waals surface area contributed by atoms with E-state index >= 15 is 0 Å². The summed E-state index contributed by atoms with van der Waals surface area (Å²) in [6.45, 7) is 0.250. The Hall–Kier alpha value is -2.06. The molecule has 0 aliphatic rings. The highest BCUT2D eigenvalue weighted by Crippen LogP contribution is 2.24. The second-order valence-electron chi connectivity index (χ2n) is 3.51. The monoisotopic (exact) mass is 272 g/mol. The second-order valence-corrected chi connectivity index (χ2v) is 3.51. The summed E-state index contributed by atoms with van der Waals surface area (Å²) in [6, 6.07) is 2.81. The van der Waals surface area contributed by atoms with Gasteiger partial charge in [0.05, 0.1) is 18.1 Å². The smallest absolute Gasteiger partial charge is 0.292 e. The molecule has 1 aromatic carbocycles. The quantitative estimate of drug-likeness (QED) is 0.459. The van der Waals surface area contributed by atoms with Gasteiger partial charge in [-0.25, -0.2) is 4.39 Å². The molecule has 0 fully saturated rings. The SMILES string of the molecule is COCCOCC(=O)Nc1cc(F)ccc1[N+](=O)[O-]. The van der Waals surface area contributed by atoms with E-state index in [-0.39, 0.29) is 24.6 Å². The Labute approximate surface area is 108 Å². The van der Waals surface area contributed by atoms with E-state index in [1.54, 1.807) is 0 Å². The molecule has 1 rings (SSSR count). The molecule has 19 heavy (non-hydrogen) atoms. The highest BCUT2D eigenvalue weighted by molar-refractivity contribution is 5.93. The lowest BCUT2D eigenvalue weighted by Crippen LogP contribution is -2.20. The van der Waals surface area contributed by atoms with E-state index in [1.165, 1.54) is 7.11 Å². The molecular weight excluding hydrogens is 259 g/mol. The number of methoxy groups -OCH3 is 1. The number of ether oxygens (including phenoxy) is 2. The van der Waals surface area contributed by atoms with Crippen LogP contribution in [-0.4, -0.2) is 37.8 Å². The van der Waals surface area contributed by atoms with Crippen molar-refractivity contribution in [2.45, 2.75) is 0 Å². The zero-order valence-electron chi connectivity index (χ0n) is 10.2. The van der Waals surface area contributed by atoms with Crippen molar-refractivity contribution in [2.24, 2.45) is 0 Å². The Morgan fingerprint density at radius 3 is 2.84 bits per heavy atom. The third kappa shape index (κ3) is 4.98. The number of hydrogen-bond donors (Lipinski definition) is 1. The van der Waals surface area contributed by atoms with Crippen LogP contribution in [0.15, 0.2) is 18.2 Å². The van der Waals surface area contributed by atoms with E-state index < -0.39 is 16.6 Å². The minimum atomic E-state index is -0.708. The molecule has 0 aromatic heterocycles. The Bertz CT molecular complexity index is 466. The van der Waals surface area contributed by atoms with Crippen molar-refractivity contribution in [3.8, 4) is 0 Å². The molecule has 0 spiro atoms. The van der Waals surface area contributed by atoms with Crippen molar-refractivity contribution < 1.29 is 23.6 Å². The molecule has 0 saturated heterocycles. The fourth-order valence-corrected chi connectivity index (χ4v) is 1.26. The zero-order chi connectivity index (χ0) is 14.3. The van der Waals surface area contributed by atoms with E-state index in [2.05, 4.69) is 5.32 Å². The third-order valence-corrected chi connectivity index (χ3v) is 2.09. The molecular formula is C11H13FN2O5. The van der Waals surface area contributed by atoms with E-state index in [4.69, 9.17) is 9.47 Å². The minimum absolute atomic E-state index is 0.203. The molecule has 0 unspecified atom stereocenters. The fraction of sp³-hybridized carbons (Fsp3) is 0.364. The van der Waals surface area contributed by atoms with Crippen LogP contribution in [0, 0.1) is 15.9 Å². The highest BCUT2D eigenvalue weighted by atomic mass is 19.1. The maximum absolute atomic E-state index is 13.0. The molecule has 1 amide bonds. The number of hydrogen-bond acceptors (Lipinski definition) is 5. The standard InChI is InChI=1S/C11H13FN2O5/c1-18-4-5-19-7-11(15)13-9-6-8(12)2-3-10(9)14(16)17/h2-3,6H,4-5,7H2,1H3,(H,13,15). The van der Waals surface area contributed by atoms with Crippen LogP contribution >= 0.6 is 0 Å². The van der Waals surface area contributed by atoms with Crippen LogP contribution in [0.3, 0.4) is 0 Å². The van der Waals surface area contributed by atoms with Gasteiger partial charge in [0.1, 0.15) is 18.1 Å². The van der Waals surface area contributed by atoms with Crippen molar-refractivity contribution in [1.82, 2.24) is 0 Å². The molecule has 0 aliphatic carbocycles. The fourth-order valence-electron chi connectivity index (χ4n) is 1.26. The molecule has 0 atom stereocenters. The lowest BCUT2D eigenvalue weighted by Gasteiger charge is -2.06. The first kappa shape index (κ1) is 15.0. The van der Waals surface area contributed by atoms with Crippen molar-refractivity contribution in [2.75, 3.05) is 32.2 Å². The number of carbonyl (C=O) groups is 1. The molecule has 0 aliphatic heterocycles. The van der Waals surface area contributed by atoms with Crippen molar-refractivity contribution in [3.05, 3.63) is 34.1 Å². The topological polar surface area (TPSA) is 90.7 Å². The van der Waals surface area contributed by atoms with Gasteiger partial charge in [-0.05, 0) is 6.07 Å². The summed E-state index contributed by atoms with van der Waals surface area (Å²) in [5, 5.41) is 12.9. The Morgan fingerprint density at radius 1 is 1.47 bits per heavy atom. The van der Waals surface area contributed by atoms with Gasteiger partial charge < -0.3 is 14.8 Å². The van der Waals surface area contributed by atoms with Gasteiger partial charge in [0.2, 0.25) is 0 Å². The zero-order valence-corrected chi connectivity index (χ0v) is 10.2. The van der Waals surface area contributed by atoms with Gasteiger partial charge in [0.25, 0.3) is 11.6 Å². The number of nitro benzene ring substituents is 1. The molecule has 8 heteroatoms. The summed E-state index contributed by atoms with van der Waals surface area (Å²) in [7, 11) is 1.49. The van der Waals surface area contributed by atoms with E-state index in [0.717, 1.165) is 18.2 Å². The molecule has 0 saturated carbocycles. The molecule has 7 nitrogen and oxygen atoms in total. The van der Waals surface area contributed by atoms with Crippen LogP contribution in [0.25, 0.3) is 0 Å². The summed E-state index contributed by atoms with van der Waals surface area (Å²) in [5.41, 5.74) is -0.586. The van der Waals surface area contributed by atoms with Gasteiger partial charge >= 0.3 is 0 Å². The molecule has 1 N–H and O–H groups in total. The van der Waals surface area contributed by atoms with Gasteiger partial charge in [-0.3, -0.25) is 14.9 Å². The van der Waals surface area contributed by atoms with Crippen molar-refractivity contribution >= 4 is 17.3 Å². The lowest BCUT2D eigenvalue weighted by atomic mass is 10.2. The van der Waals surface area contributed by atoms with Crippen LogP contribution in [0.4, 0.5) is 15.8 Å². The maximum atomic E-state index is 13.0. The molecule has 0 bridgehead atoms. The molecule has 104 valence electrons. The number of benzene rings is 1. The Kier molecular flexibility index (Phi) is 5.83. The average Bonchev–Trinajstić information content (AvgIpc) is 2.34. The molecule has 1 aromatic rings. The predicted octanol–water partition coefficient (Wildman–Crippen LogP) is 1.34. The highest BCUT2D eigenvalue weighted by Gasteiger charge is 2.16. The summed E-state index contributed by atoms with van der Waals surface area (Å²) in [4.78, 5) is 21.4. The summed E-state index contributed by atoms with van der Waals surface area (Å²) in [5.74, 6) is -1.29. The Morgan fingerprint density at radius 2 is 2.21 bits per heavy atom. The van der Waals surface area contributed by atoms with Crippen LogP contribution in [0.5, 0.6) is 0 Å². The Balaban J connectivity index is 2.62. The van der Waals surface area contributed by atoms with Crippen molar-refractivity contribution in [1.29, 1.82) is 0 Å². The number of nitro groups is 1. The number of nitrogens with one attached hydrogen (secondary N) is 1. The maximum Gasteiger partial charge on any atom is 0.292 e. The molecule has 0 heterocycles. The van der Waals surface area contributed by atoms with Crippen LogP contribution in [0.1, 0.15) is 0 Å². The van der Waals surface area contributed by atoms with Crippen LogP contribution < -0.4 is 5.32 Å².